The molecular weight excluding hydrogens is 302 g/mol. The highest BCUT2D eigenvalue weighted by molar-refractivity contribution is 5.94. The van der Waals surface area contributed by atoms with Crippen LogP contribution in [0.3, 0.4) is 0 Å². The van der Waals surface area contributed by atoms with E-state index in [-0.39, 0.29) is 5.91 Å². The number of ether oxygens (including phenoxy) is 2. The average Bonchev–Trinajstić information content (AvgIpc) is 2.58. The maximum Gasteiger partial charge on any atom is 0.251 e. The largest absolute Gasteiger partial charge is 0.497 e. The van der Waals surface area contributed by atoms with E-state index < -0.39 is 0 Å². The number of rotatable bonds is 7. The lowest BCUT2D eigenvalue weighted by Crippen LogP contribution is -2.25. The molecule has 0 saturated carbocycles. The SMILES string of the molecule is COc1ccc(C(=O)NCCCOc2cc(C)cc(C)c2C)cc1. The third kappa shape index (κ3) is 4.75. The Bertz CT molecular complexity index is 693. The molecule has 4 heteroatoms. The second-order valence-corrected chi connectivity index (χ2v) is 5.89. The van der Waals surface area contributed by atoms with Crippen molar-refractivity contribution >= 4 is 5.91 Å². The fourth-order valence-corrected chi connectivity index (χ4v) is 2.45. The molecule has 0 spiro atoms. The molecule has 0 unspecified atom stereocenters. The first kappa shape index (κ1) is 17.9. The Hall–Kier alpha value is -2.49. The maximum atomic E-state index is 12.0. The lowest BCUT2D eigenvalue weighted by atomic mass is 10.1. The van der Waals surface area contributed by atoms with Crippen LogP contribution in [0, 0.1) is 20.8 Å². The monoisotopic (exact) mass is 327 g/mol. The third-order valence-electron chi connectivity index (χ3n) is 3.98. The maximum absolute atomic E-state index is 12.0. The van der Waals surface area contributed by atoms with Gasteiger partial charge in [0.25, 0.3) is 5.91 Å². The molecule has 2 aromatic carbocycles. The summed E-state index contributed by atoms with van der Waals surface area (Å²) in [6.45, 7) is 7.37. The fraction of sp³-hybridized carbons (Fsp3) is 0.350. The molecule has 0 saturated heterocycles. The number of aryl methyl sites for hydroxylation is 2. The smallest absolute Gasteiger partial charge is 0.251 e. The highest BCUT2D eigenvalue weighted by Gasteiger charge is 2.06. The minimum Gasteiger partial charge on any atom is -0.497 e. The van der Waals surface area contributed by atoms with Crippen LogP contribution in [0.25, 0.3) is 0 Å². The van der Waals surface area contributed by atoms with Gasteiger partial charge >= 0.3 is 0 Å². The van der Waals surface area contributed by atoms with Crippen molar-refractivity contribution in [2.45, 2.75) is 27.2 Å². The van der Waals surface area contributed by atoms with Crippen LogP contribution < -0.4 is 14.8 Å². The molecule has 2 aromatic rings. The predicted molar refractivity (Wildman–Crippen MR) is 96.1 cm³/mol. The zero-order chi connectivity index (χ0) is 17.5. The summed E-state index contributed by atoms with van der Waals surface area (Å²) in [5.41, 5.74) is 4.23. The van der Waals surface area contributed by atoms with Crippen LogP contribution in [0.5, 0.6) is 11.5 Å². The van der Waals surface area contributed by atoms with E-state index in [2.05, 4.69) is 38.2 Å². The van der Waals surface area contributed by atoms with E-state index in [1.165, 1.54) is 16.7 Å². The van der Waals surface area contributed by atoms with Gasteiger partial charge in [-0.15, -0.1) is 0 Å². The molecule has 128 valence electrons. The molecular formula is C20H25NO3. The lowest BCUT2D eigenvalue weighted by Gasteiger charge is -2.12. The molecule has 0 atom stereocenters. The van der Waals surface area contributed by atoms with Crippen molar-refractivity contribution in [3.8, 4) is 11.5 Å². The van der Waals surface area contributed by atoms with Gasteiger partial charge in [-0.1, -0.05) is 6.07 Å². The van der Waals surface area contributed by atoms with Crippen LogP contribution in [0.15, 0.2) is 36.4 Å². The van der Waals surface area contributed by atoms with E-state index in [0.717, 1.165) is 17.9 Å². The van der Waals surface area contributed by atoms with E-state index in [9.17, 15) is 4.79 Å². The van der Waals surface area contributed by atoms with Crippen molar-refractivity contribution in [2.24, 2.45) is 0 Å². The summed E-state index contributed by atoms with van der Waals surface area (Å²) in [6.07, 6.45) is 0.758. The van der Waals surface area contributed by atoms with E-state index in [4.69, 9.17) is 9.47 Å². The van der Waals surface area contributed by atoms with Crippen LogP contribution in [-0.4, -0.2) is 26.2 Å². The molecule has 4 nitrogen and oxygen atoms in total. The third-order valence-corrected chi connectivity index (χ3v) is 3.98. The summed E-state index contributed by atoms with van der Waals surface area (Å²) >= 11 is 0. The van der Waals surface area contributed by atoms with Gasteiger partial charge in [0.1, 0.15) is 11.5 Å². The Balaban J connectivity index is 1.75. The molecule has 0 aliphatic carbocycles. The predicted octanol–water partition coefficient (Wildman–Crippen LogP) is 3.82. The second-order valence-electron chi connectivity index (χ2n) is 5.89. The Labute approximate surface area is 143 Å². The van der Waals surface area contributed by atoms with Gasteiger partial charge in [-0.3, -0.25) is 4.79 Å². The van der Waals surface area contributed by atoms with E-state index in [1.54, 1.807) is 31.4 Å². The zero-order valence-corrected chi connectivity index (χ0v) is 14.8. The summed E-state index contributed by atoms with van der Waals surface area (Å²) in [5.74, 6) is 1.58. The summed E-state index contributed by atoms with van der Waals surface area (Å²) in [4.78, 5) is 12.0. The first-order chi connectivity index (χ1) is 11.5. The number of amides is 1. The normalized spacial score (nSPS) is 10.3. The number of benzene rings is 2. The standard InChI is InChI=1S/C20H25NO3/c1-14-12-15(2)16(3)19(13-14)24-11-5-10-21-20(22)17-6-8-18(23-4)9-7-17/h6-9,12-13H,5,10-11H2,1-4H3,(H,21,22). The molecule has 0 aliphatic heterocycles. The Kier molecular flexibility index (Phi) is 6.24. The van der Waals surface area contributed by atoms with Gasteiger partial charge in [0, 0.05) is 12.1 Å². The van der Waals surface area contributed by atoms with Crippen LogP contribution in [0.1, 0.15) is 33.5 Å². The molecule has 0 fully saturated rings. The molecule has 0 aromatic heterocycles. The molecule has 0 radical (unpaired) electrons. The molecule has 2 rings (SSSR count). The quantitative estimate of drug-likeness (QED) is 0.787. The van der Waals surface area contributed by atoms with E-state index >= 15 is 0 Å². The van der Waals surface area contributed by atoms with E-state index in [0.29, 0.717) is 18.7 Å². The van der Waals surface area contributed by atoms with Crippen molar-refractivity contribution < 1.29 is 14.3 Å². The summed E-state index contributed by atoms with van der Waals surface area (Å²) < 4.78 is 10.9. The van der Waals surface area contributed by atoms with Gasteiger partial charge < -0.3 is 14.8 Å². The van der Waals surface area contributed by atoms with Crippen LogP contribution in [0.4, 0.5) is 0 Å². The van der Waals surface area contributed by atoms with Gasteiger partial charge in [-0.25, -0.2) is 0 Å². The number of carbonyl (C=O) groups is 1. The van der Waals surface area contributed by atoms with Crippen LogP contribution in [-0.2, 0) is 0 Å². The average molecular weight is 327 g/mol. The summed E-state index contributed by atoms with van der Waals surface area (Å²) in [6, 6.07) is 11.3. The number of hydrogen-bond donors (Lipinski definition) is 1. The molecule has 1 amide bonds. The Morgan fingerprint density at radius 3 is 2.46 bits per heavy atom. The van der Waals surface area contributed by atoms with Gasteiger partial charge in [-0.05, 0) is 74.2 Å². The van der Waals surface area contributed by atoms with Gasteiger partial charge in [-0.2, -0.15) is 0 Å². The summed E-state index contributed by atoms with van der Waals surface area (Å²) in [5, 5.41) is 2.90. The van der Waals surface area contributed by atoms with Crippen LogP contribution >= 0.6 is 0 Å². The number of nitrogens with one attached hydrogen (secondary N) is 1. The van der Waals surface area contributed by atoms with Gasteiger partial charge in [0.2, 0.25) is 0 Å². The number of hydrogen-bond acceptors (Lipinski definition) is 3. The molecule has 0 bridgehead atoms. The number of methoxy groups -OCH3 is 1. The second kappa shape index (κ2) is 8.39. The minimum absolute atomic E-state index is 0.0831. The highest BCUT2D eigenvalue weighted by atomic mass is 16.5. The topological polar surface area (TPSA) is 47.6 Å². The lowest BCUT2D eigenvalue weighted by molar-refractivity contribution is 0.0951. The molecule has 1 N–H and O–H groups in total. The first-order valence-corrected chi connectivity index (χ1v) is 8.14. The Morgan fingerprint density at radius 1 is 1.08 bits per heavy atom. The van der Waals surface area contributed by atoms with Crippen LogP contribution in [0.2, 0.25) is 0 Å². The van der Waals surface area contributed by atoms with Gasteiger partial charge in [0.05, 0.1) is 13.7 Å². The van der Waals surface area contributed by atoms with Crippen molar-refractivity contribution in [2.75, 3.05) is 20.3 Å². The highest BCUT2D eigenvalue weighted by Crippen LogP contribution is 2.23. The first-order valence-electron chi connectivity index (χ1n) is 8.14. The molecule has 0 aliphatic rings. The van der Waals surface area contributed by atoms with Crippen molar-refractivity contribution in [3.05, 3.63) is 58.7 Å². The van der Waals surface area contributed by atoms with Crippen molar-refractivity contribution in [1.82, 2.24) is 5.32 Å². The Morgan fingerprint density at radius 2 is 1.79 bits per heavy atom. The zero-order valence-electron chi connectivity index (χ0n) is 14.8. The fourth-order valence-electron chi connectivity index (χ4n) is 2.45. The number of carbonyl (C=O) groups excluding carboxylic acids is 1. The minimum atomic E-state index is -0.0831. The molecule has 0 heterocycles. The summed E-state index contributed by atoms with van der Waals surface area (Å²) in [7, 11) is 1.60. The van der Waals surface area contributed by atoms with Crippen molar-refractivity contribution in [1.29, 1.82) is 0 Å². The van der Waals surface area contributed by atoms with Crippen molar-refractivity contribution in [3.63, 3.8) is 0 Å². The van der Waals surface area contributed by atoms with E-state index in [1.807, 2.05) is 0 Å². The van der Waals surface area contributed by atoms with Gasteiger partial charge in [0.15, 0.2) is 0 Å². The molecule has 24 heavy (non-hydrogen) atoms.